The van der Waals surface area contributed by atoms with E-state index < -0.39 is 0 Å². The van der Waals surface area contributed by atoms with E-state index in [0.29, 0.717) is 12.5 Å². The van der Waals surface area contributed by atoms with Crippen LogP contribution in [0.4, 0.5) is 0 Å². The van der Waals surface area contributed by atoms with Gasteiger partial charge in [-0.15, -0.1) is 0 Å². The van der Waals surface area contributed by atoms with Crippen LogP contribution < -0.4 is 5.32 Å². The molecule has 3 heteroatoms. The maximum Gasteiger partial charge on any atom is 0.310 e. The molecule has 70 valence electrons. The summed E-state index contributed by atoms with van der Waals surface area (Å²) in [5, 5.41) is 3.21. The Morgan fingerprint density at radius 1 is 1.50 bits per heavy atom. The molecule has 0 aromatic heterocycles. The topological polar surface area (TPSA) is 38.3 Å². The summed E-state index contributed by atoms with van der Waals surface area (Å²) in [7, 11) is 0. The van der Waals surface area contributed by atoms with E-state index in [0.717, 1.165) is 19.5 Å². The van der Waals surface area contributed by atoms with E-state index in [1.54, 1.807) is 0 Å². The van der Waals surface area contributed by atoms with Gasteiger partial charge in [0.1, 0.15) is 0 Å². The molecule has 1 fully saturated rings. The van der Waals surface area contributed by atoms with Crippen LogP contribution in [0.25, 0.3) is 0 Å². The highest BCUT2D eigenvalue weighted by molar-refractivity contribution is 5.73. The lowest BCUT2D eigenvalue weighted by molar-refractivity contribution is -0.148. The number of esters is 1. The molecular weight excluding hydrogens is 154 g/mol. The molecule has 2 atom stereocenters. The van der Waals surface area contributed by atoms with Crippen molar-refractivity contribution in [3.05, 3.63) is 0 Å². The molecule has 3 nitrogen and oxygen atoms in total. The lowest BCUT2D eigenvalue weighted by atomic mass is 9.94. The summed E-state index contributed by atoms with van der Waals surface area (Å²) in [6.45, 7) is 6.20. The second-order valence-electron chi connectivity index (χ2n) is 3.19. The molecule has 1 aliphatic heterocycles. The molecule has 0 spiro atoms. The minimum atomic E-state index is -0.0330. The van der Waals surface area contributed by atoms with Crippen molar-refractivity contribution in [1.82, 2.24) is 5.32 Å². The monoisotopic (exact) mass is 171 g/mol. The van der Waals surface area contributed by atoms with Gasteiger partial charge in [-0.05, 0) is 19.4 Å². The Kier molecular flexibility index (Phi) is 3.53. The van der Waals surface area contributed by atoms with Crippen LogP contribution in [0.2, 0.25) is 0 Å². The number of rotatable bonds is 3. The molecule has 0 saturated carbocycles. The fourth-order valence-corrected chi connectivity index (χ4v) is 1.69. The Morgan fingerprint density at radius 2 is 2.25 bits per heavy atom. The predicted octanol–water partition coefficient (Wildman–Crippen LogP) is 0.795. The summed E-state index contributed by atoms with van der Waals surface area (Å²) in [6.07, 6.45) is 1.05. The SMILES string of the molecule is CCOC(=O)[C@H]1CNC[C@@H]1CC. The molecule has 0 bridgehead atoms. The molecule has 1 saturated heterocycles. The summed E-state index contributed by atoms with van der Waals surface area (Å²) in [4.78, 5) is 11.4. The predicted molar refractivity (Wildman–Crippen MR) is 46.8 cm³/mol. The molecule has 1 heterocycles. The smallest absolute Gasteiger partial charge is 0.310 e. The van der Waals surface area contributed by atoms with E-state index in [2.05, 4.69) is 12.2 Å². The van der Waals surface area contributed by atoms with E-state index in [1.807, 2.05) is 6.92 Å². The third-order valence-electron chi connectivity index (χ3n) is 2.45. The van der Waals surface area contributed by atoms with Crippen LogP contribution >= 0.6 is 0 Å². The van der Waals surface area contributed by atoms with Crippen LogP contribution in [0.15, 0.2) is 0 Å². The molecule has 0 unspecified atom stereocenters. The Hall–Kier alpha value is -0.570. The van der Waals surface area contributed by atoms with Gasteiger partial charge in [-0.1, -0.05) is 13.3 Å². The number of hydrogen-bond donors (Lipinski definition) is 1. The minimum Gasteiger partial charge on any atom is -0.466 e. The zero-order chi connectivity index (χ0) is 8.97. The normalized spacial score (nSPS) is 28.8. The summed E-state index contributed by atoms with van der Waals surface area (Å²) in [5.41, 5.74) is 0. The molecule has 1 aliphatic rings. The van der Waals surface area contributed by atoms with Gasteiger partial charge in [-0.25, -0.2) is 0 Å². The number of hydrogen-bond acceptors (Lipinski definition) is 3. The quantitative estimate of drug-likeness (QED) is 0.638. The van der Waals surface area contributed by atoms with E-state index in [4.69, 9.17) is 4.74 Å². The van der Waals surface area contributed by atoms with Crippen molar-refractivity contribution in [2.45, 2.75) is 20.3 Å². The summed E-state index contributed by atoms with van der Waals surface area (Å²) in [5.74, 6) is 0.536. The van der Waals surface area contributed by atoms with Crippen molar-refractivity contribution in [1.29, 1.82) is 0 Å². The van der Waals surface area contributed by atoms with Crippen molar-refractivity contribution in [3.63, 3.8) is 0 Å². The maximum atomic E-state index is 11.4. The van der Waals surface area contributed by atoms with Crippen LogP contribution in [0.3, 0.4) is 0 Å². The van der Waals surface area contributed by atoms with Crippen LogP contribution in [-0.4, -0.2) is 25.7 Å². The first-order valence-electron chi connectivity index (χ1n) is 4.66. The van der Waals surface area contributed by atoms with Gasteiger partial charge in [0.05, 0.1) is 12.5 Å². The molecular formula is C9H17NO2. The molecule has 0 radical (unpaired) electrons. The second kappa shape index (κ2) is 4.45. The Balaban J connectivity index is 2.43. The van der Waals surface area contributed by atoms with Crippen molar-refractivity contribution in [2.75, 3.05) is 19.7 Å². The van der Waals surface area contributed by atoms with E-state index >= 15 is 0 Å². The zero-order valence-electron chi connectivity index (χ0n) is 7.80. The van der Waals surface area contributed by atoms with Gasteiger partial charge in [0, 0.05) is 6.54 Å². The first-order valence-corrected chi connectivity index (χ1v) is 4.66. The standard InChI is InChI=1S/C9H17NO2/c1-3-7-5-10-6-8(7)9(11)12-4-2/h7-8,10H,3-6H2,1-2H3/t7-,8-/m0/s1. The zero-order valence-corrected chi connectivity index (χ0v) is 7.80. The van der Waals surface area contributed by atoms with Gasteiger partial charge in [0.25, 0.3) is 0 Å². The van der Waals surface area contributed by atoms with Crippen LogP contribution in [0, 0.1) is 11.8 Å². The third-order valence-corrected chi connectivity index (χ3v) is 2.45. The maximum absolute atomic E-state index is 11.4. The van der Waals surface area contributed by atoms with E-state index in [1.165, 1.54) is 0 Å². The van der Waals surface area contributed by atoms with Crippen molar-refractivity contribution in [3.8, 4) is 0 Å². The molecule has 12 heavy (non-hydrogen) atoms. The van der Waals surface area contributed by atoms with Crippen LogP contribution in [-0.2, 0) is 9.53 Å². The van der Waals surface area contributed by atoms with Gasteiger partial charge < -0.3 is 10.1 Å². The highest BCUT2D eigenvalue weighted by atomic mass is 16.5. The van der Waals surface area contributed by atoms with Gasteiger partial charge in [-0.2, -0.15) is 0 Å². The lowest BCUT2D eigenvalue weighted by Gasteiger charge is -2.14. The second-order valence-corrected chi connectivity index (χ2v) is 3.19. The van der Waals surface area contributed by atoms with Gasteiger partial charge >= 0.3 is 5.97 Å². The number of carbonyl (C=O) groups excluding carboxylic acids is 1. The van der Waals surface area contributed by atoms with E-state index in [-0.39, 0.29) is 11.9 Å². The van der Waals surface area contributed by atoms with Gasteiger partial charge in [-0.3, -0.25) is 4.79 Å². The average Bonchev–Trinajstić information content (AvgIpc) is 2.51. The van der Waals surface area contributed by atoms with Crippen molar-refractivity contribution < 1.29 is 9.53 Å². The minimum absolute atomic E-state index is 0.0330. The Morgan fingerprint density at radius 3 is 2.83 bits per heavy atom. The Labute approximate surface area is 73.5 Å². The number of carbonyl (C=O) groups is 1. The van der Waals surface area contributed by atoms with Crippen LogP contribution in [0.1, 0.15) is 20.3 Å². The van der Waals surface area contributed by atoms with Gasteiger partial charge in [0.15, 0.2) is 0 Å². The highest BCUT2D eigenvalue weighted by Crippen LogP contribution is 2.20. The largest absolute Gasteiger partial charge is 0.466 e. The fraction of sp³-hybridized carbons (Fsp3) is 0.889. The molecule has 0 aromatic carbocycles. The van der Waals surface area contributed by atoms with Crippen LogP contribution in [0.5, 0.6) is 0 Å². The van der Waals surface area contributed by atoms with Gasteiger partial charge in [0.2, 0.25) is 0 Å². The van der Waals surface area contributed by atoms with Crippen molar-refractivity contribution in [2.24, 2.45) is 11.8 Å². The molecule has 0 aliphatic carbocycles. The van der Waals surface area contributed by atoms with E-state index in [9.17, 15) is 4.79 Å². The molecule has 1 N–H and O–H groups in total. The summed E-state index contributed by atoms with van der Waals surface area (Å²) < 4.78 is 4.98. The lowest BCUT2D eigenvalue weighted by Crippen LogP contribution is -2.24. The fourth-order valence-electron chi connectivity index (χ4n) is 1.69. The highest BCUT2D eigenvalue weighted by Gasteiger charge is 2.32. The molecule has 0 amide bonds. The summed E-state index contributed by atoms with van der Waals surface area (Å²) >= 11 is 0. The van der Waals surface area contributed by atoms with Crippen molar-refractivity contribution >= 4 is 5.97 Å². The summed E-state index contributed by atoms with van der Waals surface area (Å²) in [6, 6.07) is 0. The number of ether oxygens (including phenoxy) is 1. The third kappa shape index (κ3) is 1.97. The average molecular weight is 171 g/mol. The molecule has 0 aromatic rings. The first kappa shape index (κ1) is 9.52. The first-order chi connectivity index (χ1) is 5.79. The number of nitrogens with one attached hydrogen (secondary N) is 1. The molecule has 1 rings (SSSR count). The Bertz CT molecular complexity index is 159.